The molecule has 8 nitrogen and oxygen atoms in total. The Morgan fingerprint density at radius 1 is 1.11 bits per heavy atom. The summed E-state index contributed by atoms with van der Waals surface area (Å²) in [6.07, 6.45) is 3.61. The van der Waals surface area contributed by atoms with Gasteiger partial charge >= 0.3 is 6.09 Å². The predicted molar refractivity (Wildman–Crippen MR) is 130 cm³/mol. The van der Waals surface area contributed by atoms with Crippen molar-refractivity contribution in [1.82, 2.24) is 15.1 Å². The van der Waals surface area contributed by atoms with Crippen molar-refractivity contribution in [2.45, 2.75) is 50.0 Å². The molecule has 3 atom stereocenters. The van der Waals surface area contributed by atoms with E-state index in [0.717, 1.165) is 30.4 Å². The second kappa shape index (κ2) is 10.6. The molecular weight excluding hydrogens is 446 g/mol. The van der Waals surface area contributed by atoms with Gasteiger partial charge in [-0.25, -0.2) is 9.48 Å². The van der Waals surface area contributed by atoms with Gasteiger partial charge in [-0.3, -0.25) is 0 Å². The van der Waals surface area contributed by atoms with Crippen molar-refractivity contribution >= 4 is 6.09 Å². The molecule has 1 amide bonds. The number of rotatable bonds is 8. The average molecular weight is 478 g/mol. The fourth-order valence-electron chi connectivity index (χ4n) is 4.95. The van der Waals surface area contributed by atoms with Gasteiger partial charge in [-0.15, -0.1) is 0 Å². The van der Waals surface area contributed by atoms with Crippen LogP contribution in [-0.4, -0.2) is 51.9 Å². The fourth-order valence-corrected chi connectivity index (χ4v) is 4.95. The molecule has 184 valence electrons. The Morgan fingerprint density at radius 3 is 2.51 bits per heavy atom. The molecule has 5 rings (SSSR count). The first kappa shape index (κ1) is 23.5. The Labute approximate surface area is 204 Å². The number of aliphatic hydroxyl groups excluding tert-OH is 2. The van der Waals surface area contributed by atoms with Crippen molar-refractivity contribution in [1.29, 1.82) is 0 Å². The van der Waals surface area contributed by atoms with E-state index in [9.17, 15) is 15.0 Å². The van der Waals surface area contributed by atoms with Gasteiger partial charge in [0.25, 0.3) is 0 Å². The van der Waals surface area contributed by atoms with E-state index in [-0.39, 0.29) is 31.7 Å². The summed E-state index contributed by atoms with van der Waals surface area (Å²) >= 11 is 0. The minimum Gasteiger partial charge on any atom is -0.449 e. The van der Waals surface area contributed by atoms with E-state index in [2.05, 4.69) is 34.7 Å². The molecule has 1 aromatic heterocycles. The van der Waals surface area contributed by atoms with Crippen molar-refractivity contribution in [3.05, 3.63) is 77.6 Å². The molecular formula is C27H31N3O5. The van der Waals surface area contributed by atoms with E-state index in [1.807, 2.05) is 24.3 Å². The van der Waals surface area contributed by atoms with Crippen molar-refractivity contribution in [3.63, 3.8) is 0 Å². The van der Waals surface area contributed by atoms with Crippen LogP contribution in [0.1, 0.15) is 60.6 Å². The van der Waals surface area contributed by atoms with Crippen LogP contribution in [0, 0.1) is 0 Å². The largest absolute Gasteiger partial charge is 0.449 e. The highest BCUT2D eigenvalue weighted by Crippen LogP contribution is 2.44. The Balaban J connectivity index is 1.09. The number of aromatic nitrogens is 2. The summed E-state index contributed by atoms with van der Waals surface area (Å²) in [6, 6.07) is 16.3. The lowest BCUT2D eigenvalue weighted by atomic mass is 9.98. The molecule has 1 aliphatic heterocycles. The van der Waals surface area contributed by atoms with Gasteiger partial charge in [0.1, 0.15) is 18.9 Å². The number of nitrogens with zero attached hydrogens (tertiary/aromatic N) is 2. The predicted octanol–water partition coefficient (Wildman–Crippen LogP) is 3.91. The summed E-state index contributed by atoms with van der Waals surface area (Å²) in [5.41, 5.74) is 5.17. The van der Waals surface area contributed by atoms with Crippen LogP contribution < -0.4 is 5.32 Å². The smallest absolute Gasteiger partial charge is 0.407 e. The molecule has 3 aromatic rings. The number of hydrogen-bond acceptors (Lipinski definition) is 6. The number of hydrogen-bond donors (Lipinski definition) is 3. The number of aliphatic hydroxyl groups is 2. The maximum Gasteiger partial charge on any atom is 0.407 e. The molecule has 1 saturated heterocycles. The first-order chi connectivity index (χ1) is 17.1. The normalized spacial score (nSPS) is 19.0. The molecule has 1 fully saturated rings. The van der Waals surface area contributed by atoms with Gasteiger partial charge in [-0.1, -0.05) is 48.5 Å². The molecule has 3 N–H and O–H groups in total. The van der Waals surface area contributed by atoms with Crippen molar-refractivity contribution in [3.8, 4) is 11.1 Å². The minimum atomic E-state index is -1.10. The van der Waals surface area contributed by atoms with E-state index in [1.54, 1.807) is 17.1 Å². The van der Waals surface area contributed by atoms with Crippen molar-refractivity contribution in [2.24, 2.45) is 0 Å². The molecule has 1 aliphatic carbocycles. The van der Waals surface area contributed by atoms with Crippen LogP contribution in [0.15, 0.2) is 60.9 Å². The quantitative estimate of drug-likeness (QED) is 0.454. The number of fused-ring (bicyclic) bond motifs is 3. The molecule has 8 heteroatoms. The Morgan fingerprint density at radius 2 is 1.83 bits per heavy atom. The SMILES string of the molecule is O=C(NCCC(O)C(O)c1cnn([C@@H]2CCCCO2)c1)OCC1c2ccccc2-c2ccccc21. The van der Waals surface area contributed by atoms with Gasteiger partial charge < -0.3 is 25.0 Å². The first-order valence-electron chi connectivity index (χ1n) is 12.2. The molecule has 2 heterocycles. The lowest BCUT2D eigenvalue weighted by molar-refractivity contribution is -0.0398. The second-order valence-corrected chi connectivity index (χ2v) is 9.13. The van der Waals surface area contributed by atoms with Crippen LogP contribution in [0.2, 0.25) is 0 Å². The number of carbonyl (C=O) groups is 1. The van der Waals surface area contributed by atoms with Gasteiger partial charge in [0.2, 0.25) is 0 Å². The standard InChI is InChI=1S/C27H31N3O5/c31-24(26(32)18-15-29-30(16-18)25-11-5-6-14-34-25)12-13-28-27(33)35-17-23-21-9-3-1-7-19(21)20-8-2-4-10-22(20)23/h1-4,7-10,15-16,23-26,31-32H,5-6,11-14,17H2,(H,28,33)/t24?,25-,26?/m0/s1. The monoisotopic (exact) mass is 477 g/mol. The lowest BCUT2D eigenvalue weighted by Crippen LogP contribution is -2.30. The third-order valence-corrected chi connectivity index (χ3v) is 6.83. The Bertz CT molecular complexity index is 1110. The Hall–Kier alpha value is -3.20. The average Bonchev–Trinajstić information content (AvgIpc) is 3.51. The summed E-state index contributed by atoms with van der Waals surface area (Å²) in [7, 11) is 0. The van der Waals surface area contributed by atoms with Gasteiger partial charge in [0.05, 0.1) is 12.3 Å². The third kappa shape index (κ3) is 5.10. The zero-order valence-electron chi connectivity index (χ0n) is 19.5. The molecule has 2 aliphatic rings. The highest BCUT2D eigenvalue weighted by Gasteiger charge is 2.29. The van der Waals surface area contributed by atoms with Gasteiger partial charge in [-0.2, -0.15) is 5.10 Å². The summed E-state index contributed by atoms with van der Waals surface area (Å²) in [4.78, 5) is 12.3. The van der Waals surface area contributed by atoms with Crippen LogP contribution in [0.4, 0.5) is 4.79 Å². The highest BCUT2D eigenvalue weighted by atomic mass is 16.5. The van der Waals surface area contributed by atoms with Crippen LogP contribution >= 0.6 is 0 Å². The summed E-state index contributed by atoms with van der Waals surface area (Å²) in [5.74, 6) is -0.00903. The number of nitrogens with one attached hydrogen (secondary N) is 1. The first-order valence-corrected chi connectivity index (χ1v) is 12.2. The highest BCUT2D eigenvalue weighted by molar-refractivity contribution is 5.79. The lowest BCUT2D eigenvalue weighted by Gasteiger charge is -2.22. The van der Waals surface area contributed by atoms with Crippen LogP contribution in [0.3, 0.4) is 0 Å². The molecule has 0 saturated carbocycles. The topological polar surface area (TPSA) is 106 Å². The number of ether oxygens (including phenoxy) is 2. The van der Waals surface area contributed by atoms with Crippen LogP contribution in [0.5, 0.6) is 0 Å². The summed E-state index contributed by atoms with van der Waals surface area (Å²) < 4.78 is 12.9. The fraction of sp³-hybridized carbons (Fsp3) is 0.407. The minimum absolute atomic E-state index is 0.00903. The molecule has 35 heavy (non-hydrogen) atoms. The van der Waals surface area contributed by atoms with Gasteiger partial charge in [-0.05, 0) is 47.9 Å². The van der Waals surface area contributed by atoms with Crippen molar-refractivity contribution < 1.29 is 24.5 Å². The molecule has 2 aromatic carbocycles. The Kier molecular flexibility index (Phi) is 7.13. The number of amides is 1. The van der Waals surface area contributed by atoms with Gasteiger partial charge in [0, 0.05) is 30.8 Å². The zero-order valence-corrected chi connectivity index (χ0v) is 19.5. The van der Waals surface area contributed by atoms with Crippen molar-refractivity contribution in [2.75, 3.05) is 19.8 Å². The number of benzene rings is 2. The summed E-state index contributed by atoms with van der Waals surface area (Å²) in [5, 5.41) is 27.9. The van der Waals surface area contributed by atoms with E-state index in [4.69, 9.17) is 9.47 Å². The molecule has 2 unspecified atom stereocenters. The molecule has 0 bridgehead atoms. The maximum atomic E-state index is 12.3. The third-order valence-electron chi connectivity index (χ3n) is 6.83. The second-order valence-electron chi connectivity index (χ2n) is 9.13. The van der Waals surface area contributed by atoms with Crippen LogP contribution in [0.25, 0.3) is 11.1 Å². The van der Waals surface area contributed by atoms with Gasteiger partial charge in [0.15, 0.2) is 0 Å². The van der Waals surface area contributed by atoms with E-state index in [0.29, 0.717) is 12.2 Å². The number of alkyl carbamates (subject to hydrolysis) is 1. The molecule has 0 radical (unpaired) electrons. The van der Waals surface area contributed by atoms with Crippen LogP contribution in [-0.2, 0) is 9.47 Å². The van der Waals surface area contributed by atoms with E-state index < -0.39 is 18.3 Å². The number of carbonyl (C=O) groups excluding carboxylic acids is 1. The zero-order chi connectivity index (χ0) is 24.2. The maximum absolute atomic E-state index is 12.3. The van der Waals surface area contributed by atoms with E-state index >= 15 is 0 Å². The summed E-state index contributed by atoms with van der Waals surface area (Å²) in [6.45, 7) is 1.11. The van der Waals surface area contributed by atoms with E-state index in [1.165, 1.54) is 11.1 Å². The molecule has 0 spiro atoms.